The zero-order valence-electron chi connectivity index (χ0n) is 14.8. The number of hydrogen-bond donors (Lipinski definition) is 0. The van der Waals surface area contributed by atoms with Crippen LogP contribution >= 0.6 is 11.6 Å². The lowest BCUT2D eigenvalue weighted by Crippen LogP contribution is -2.21. The topological polar surface area (TPSA) is 47.3 Å². The second-order valence-corrected chi connectivity index (χ2v) is 7.45. The zero-order valence-corrected chi connectivity index (χ0v) is 15.5. The Morgan fingerprint density at radius 1 is 1.00 bits per heavy atom. The molecule has 4 nitrogen and oxygen atoms in total. The van der Waals surface area contributed by atoms with Crippen LogP contribution in [0.15, 0.2) is 60.9 Å². The van der Waals surface area contributed by atoms with E-state index in [0.29, 0.717) is 29.1 Å². The summed E-state index contributed by atoms with van der Waals surface area (Å²) in [7, 11) is 0. The molecular weight excluding hydrogens is 377 g/mol. The Kier molecular flexibility index (Phi) is 3.98. The van der Waals surface area contributed by atoms with E-state index in [4.69, 9.17) is 16.6 Å². The Morgan fingerprint density at radius 2 is 1.75 bits per heavy atom. The van der Waals surface area contributed by atoms with Gasteiger partial charge in [-0.25, -0.2) is 13.9 Å². The monoisotopic (exact) mass is 391 g/mol. The van der Waals surface area contributed by atoms with Crippen molar-refractivity contribution in [2.24, 2.45) is 0 Å². The number of carbonyl (C=O) groups excluding carboxylic acids is 1. The van der Waals surface area contributed by atoms with Crippen LogP contribution in [0.2, 0.25) is 5.02 Å². The van der Waals surface area contributed by atoms with Crippen LogP contribution in [0.3, 0.4) is 0 Å². The number of hydrogen-bond acceptors (Lipinski definition) is 3. The van der Waals surface area contributed by atoms with Gasteiger partial charge in [-0.05, 0) is 47.7 Å². The second-order valence-electron chi connectivity index (χ2n) is 7.01. The van der Waals surface area contributed by atoms with Crippen molar-refractivity contribution in [1.82, 2.24) is 14.6 Å². The minimum absolute atomic E-state index is 0.00236. The third-order valence-corrected chi connectivity index (χ3v) is 5.49. The molecule has 1 aliphatic rings. The van der Waals surface area contributed by atoms with Crippen molar-refractivity contribution in [2.45, 2.75) is 18.8 Å². The van der Waals surface area contributed by atoms with Gasteiger partial charge in [-0.15, -0.1) is 0 Å². The van der Waals surface area contributed by atoms with Gasteiger partial charge in [0.05, 0.1) is 17.5 Å². The van der Waals surface area contributed by atoms with Gasteiger partial charge in [0.2, 0.25) is 0 Å². The SMILES string of the molecule is O=C1CC(c2ccc(F)cc2)Cc2nc3c(-c4ccc(Cl)cc4)cnn3cc21. The fraction of sp³-hybridized carbons (Fsp3) is 0.136. The largest absolute Gasteiger partial charge is 0.294 e. The maximum atomic E-state index is 13.2. The molecule has 2 heterocycles. The number of aromatic nitrogens is 3. The molecule has 0 saturated carbocycles. The summed E-state index contributed by atoms with van der Waals surface area (Å²) < 4.78 is 14.9. The van der Waals surface area contributed by atoms with Crippen LogP contribution in [0.25, 0.3) is 16.8 Å². The molecule has 0 fully saturated rings. The third-order valence-electron chi connectivity index (χ3n) is 5.24. The Morgan fingerprint density at radius 3 is 2.50 bits per heavy atom. The Hall–Kier alpha value is -3.05. The average Bonchev–Trinajstić information content (AvgIpc) is 3.10. The van der Waals surface area contributed by atoms with E-state index < -0.39 is 0 Å². The first-order valence-electron chi connectivity index (χ1n) is 9.00. The number of Topliss-reactive ketones (excluding diaryl/α,β-unsaturated/α-hetero) is 1. The molecule has 0 aliphatic heterocycles. The molecule has 2 aromatic carbocycles. The highest BCUT2D eigenvalue weighted by Crippen LogP contribution is 2.33. The molecular formula is C22H15ClFN3O. The minimum Gasteiger partial charge on any atom is -0.294 e. The first-order chi connectivity index (χ1) is 13.6. The number of halogens is 2. The second kappa shape index (κ2) is 6.53. The van der Waals surface area contributed by atoms with Gasteiger partial charge in [0.1, 0.15) is 5.82 Å². The van der Waals surface area contributed by atoms with Gasteiger partial charge < -0.3 is 0 Å². The molecule has 138 valence electrons. The maximum Gasteiger partial charge on any atom is 0.166 e. The highest BCUT2D eigenvalue weighted by molar-refractivity contribution is 6.30. The van der Waals surface area contributed by atoms with Crippen LogP contribution in [0, 0.1) is 5.82 Å². The summed E-state index contributed by atoms with van der Waals surface area (Å²) in [4.78, 5) is 17.5. The number of fused-ring (bicyclic) bond motifs is 2. The van der Waals surface area contributed by atoms with E-state index in [2.05, 4.69) is 5.10 Å². The summed E-state index contributed by atoms with van der Waals surface area (Å²) in [5.74, 6) is -0.246. The first kappa shape index (κ1) is 17.1. The molecule has 0 radical (unpaired) electrons. The third kappa shape index (κ3) is 2.88. The molecule has 5 rings (SSSR count). The molecule has 2 aromatic heterocycles. The van der Waals surface area contributed by atoms with Gasteiger partial charge in [-0.2, -0.15) is 5.10 Å². The molecule has 1 unspecified atom stereocenters. The molecule has 0 N–H and O–H groups in total. The normalized spacial score (nSPS) is 16.4. The highest BCUT2D eigenvalue weighted by atomic mass is 35.5. The van der Waals surface area contributed by atoms with Crippen LogP contribution in [0.4, 0.5) is 4.39 Å². The van der Waals surface area contributed by atoms with E-state index in [9.17, 15) is 9.18 Å². The van der Waals surface area contributed by atoms with Gasteiger partial charge >= 0.3 is 0 Å². The molecule has 1 aliphatic carbocycles. The van der Waals surface area contributed by atoms with Gasteiger partial charge in [0.25, 0.3) is 0 Å². The molecule has 0 spiro atoms. The van der Waals surface area contributed by atoms with Crippen LogP contribution in [0.5, 0.6) is 0 Å². The van der Waals surface area contributed by atoms with E-state index in [0.717, 1.165) is 22.4 Å². The lowest BCUT2D eigenvalue weighted by Gasteiger charge is -2.23. The summed E-state index contributed by atoms with van der Waals surface area (Å²) in [6.07, 6.45) is 4.53. The molecule has 4 aromatic rings. The maximum absolute atomic E-state index is 13.2. The van der Waals surface area contributed by atoms with E-state index in [1.54, 1.807) is 29.0 Å². The molecule has 6 heteroatoms. The van der Waals surface area contributed by atoms with E-state index >= 15 is 0 Å². The smallest absolute Gasteiger partial charge is 0.166 e. The average molecular weight is 392 g/mol. The fourth-order valence-corrected chi connectivity index (χ4v) is 3.90. The standard InChI is InChI=1S/C22H15ClFN3O/c23-16-5-1-14(2-6-16)18-11-25-27-12-19-20(26-22(18)27)9-15(10-21(19)28)13-3-7-17(24)8-4-13/h1-8,11-12,15H,9-10H2. The van der Waals surface area contributed by atoms with Crippen molar-refractivity contribution in [3.05, 3.63) is 88.6 Å². The van der Waals surface area contributed by atoms with Gasteiger partial charge in [-0.3, -0.25) is 4.79 Å². The van der Waals surface area contributed by atoms with E-state index in [-0.39, 0.29) is 17.5 Å². The quantitative estimate of drug-likeness (QED) is 0.477. The number of benzene rings is 2. The number of nitrogens with zero attached hydrogens (tertiary/aromatic N) is 3. The van der Waals surface area contributed by atoms with Gasteiger partial charge in [0.15, 0.2) is 11.4 Å². The fourth-order valence-electron chi connectivity index (χ4n) is 3.78. The Bertz CT molecular complexity index is 1200. The molecule has 0 amide bonds. The zero-order chi connectivity index (χ0) is 19.3. The van der Waals surface area contributed by atoms with Crippen LogP contribution in [-0.2, 0) is 6.42 Å². The number of rotatable bonds is 2. The Labute approximate surface area is 165 Å². The number of carbonyl (C=O) groups is 1. The van der Waals surface area contributed by atoms with Crippen molar-refractivity contribution >= 4 is 23.0 Å². The number of ketones is 1. The molecule has 1 atom stereocenters. The predicted octanol–water partition coefficient (Wildman–Crippen LogP) is 5.10. The lowest BCUT2D eigenvalue weighted by molar-refractivity contribution is 0.0962. The summed E-state index contributed by atoms with van der Waals surface area (Å²) in [5.41, 5.74) is 4.87. The molecule has 28 heavy (non-hydrogen) atoms. The summed E-state index contributed by atoms with van der Waals surface area (Å²) in [5, 5.41) is 5.04. The van der Waals surface area contributed by atoms with Crippen molar-refractivity contribution in [1.29, 1.82) is 0 Å². The van der Waals surface area contributed by atoms with E-state index in [1.807, 2.05) is 24.3 Å². The van der Waals surface area contributed by atoms with Crippen LogP contribution < -0.4 is 0 Å². The van der Waals surface area contributed by atoms with E-state index in [1.165, 1.54) is 12.1 Å². The summed E-state index contributed by atoms with van der Waals surface area (Å²) in [6, 6.07) is 13.9. The predicted molar refractivity (Wildman–Crippen MR) is 105 cm³/mol. The summed E-state index contributed by atoms with van der Waals surface area (Å²) in [6.45, 7) is 0. The Balaban J connectivity index is 1.58. The summed E-state index contributed by atoms with van der Waals surface area (Å²) >= 11 is 5.99. The minimum atomic E-state index is -0.280. The molecule has 0 saturated heterocycles. The lowest BCUT2D eigenvalue weighted by atomic mass is 9.82. The van der Waals surface area contributed by atoms with Crippen LogP contribution in [0.1, 0.15) is 34.0 Å². The van der Waals surface area contributed by atoms with Crippen molar-refractivity contribution in [2.75, 3.05) is 0 Å². The van der Waals surface area contributed by atoms with Gasteiger partial charge in [-0.1, -0.05) is 35.9 Å². The van der Waals surface area contributed by atoms with Crippen LogP contribution in [-0.4, -0.2) is 20.4 Å². The van der Waals surface area contributed by atoms with Crippen molar-refractivity contribution < 1.29 is 9.18 Å². The molecule has 0 bridgehead atoms. The van der Waals surface area contributed by atoms with Gasteiger partial charge in [0, 0.05) is 23.2 Å². The van der Waals surface area contributed by atoms with Crippen molar-refractivity contribution in [3.8, 4) is 11.1 Å². The first-order valence-corrected chi connectivity index (χ1v) is 9.38. The van der Waals surface area contributed by atoms with Crippen molar-refractivity contribution in [3.63, 3.8) is 0 Å². The highest BCUT2D eigenvalue weighted by Gasteiger charge is 2.28.